The maximum atomic E-state index is 14.3. The van der Waals surface area contributed by atoms with Crippen molar-refractivity contribution >= 4 is 0 Å². The lowest BCUT2D eigenvalue weighted by molar-refractivity contribution is -0.104. The lowest BCUT2D eigenvalue weighted by Crippen LogP contribution is -2.47. The second kappa shape index (κ2) is 4.87. The molecule has 0 heterocycles. The molecule has 0 aliphatic heterocycles. The fraction of sp³-hybridized carbons (Fsp3) is 0.529. The van der Waals surface area contributed by atoms with Gasteiger partial charge >= 0.3 is 0 Å². The van der Waals surface area contributed by atoms with Crippen LogP contribution < -0.4 is 0 Å². The number of benzene rings is 1. The first-order valence-corrected chi connectivity index (χ1v) is 7.32. The van der Waals surface area contributed by atoms with E-state index in [9.17, 15) is 13.2 Å². The monoisotopic (exact) mass is 296 g/mol. The standard InChI is InChI=1S/C17H19F3O/c1-11-3-4-12(13(18)9-11)10-21-17-7-5-16(2,6-8-17)14(19)15(17)20/h3-4,9H,5-8,10H2,1-2H3. The van der Waals surface area contributed by atoms with Crippen LogP contribution >= 0.6 is 0 Å². The minimum absolute atomic E-state index is 0.0382. The van der Waals surface area contributed by atoms with Crippen LogP contribution in [-0.4, -0.2) is 5.60 Å². The first-order valence-electron chi connectivity index (χ1n) is 7.32. The summed E-state index contributed by atoms with van der Waals surface area (Å²) < 4.78 is 47.9. The highest BCUT2D eigenvalue weighted by molar-refractivity contribution is 5.29. The van der Waals surface area contributed by atoms with Crippen LogP contribution in [0.2, 0.25) is 0 Å². The first kappa shape index (κ1) is 14.6. The van der Waals surface area contributed by atoms with Crippen molar-refractivity contribution in [3.8, 4) is 0 Å². The molecule has 0 radical (unpaired) electrons. The summed E-state index contributed by atoms with van der Waals surface area (Å²) in [4.78, 5) is 0. The number of fused-ring (bicyclic) bond motifs is 2. The van der Waals surface area contributed by atoms with E-state index in [1.54, 1.807) is 26.0 Å². The van der Waals surface area contributed by atoms with E-state index in [2.05, 4.69) is 0 Å². The number of allylic oxidation sites excluding steroid dienone is 1. The van der Waals surface area contributed by atoms with E-state index in [-0.39, 0.29) is 12.4 Å². The lowest BCUT2D eigenvalue weighted by atomic mass is 9.63. The van der Waals surface area contributed by atoms with E-state index in [0.717, 1.165) is 5.56 Å². The molecule has 0 atom stereocenters. The van der Waals surface area contributed by atoms with Gasteiger partial charge in [-0.25, -0.2) is 13.2 Å². The number of ether oxygens (including phenoxy) is 1. The Labute approximate surface area is 122 Å². The van der Waals surface area contributed by atoms with Crippen LogP contribution in [0, 0.1) is 18.2 Å². The average molecular weight is 296 g/mol. The number of hydrogen-bond acceptors (Lipinski definition) is 1. The van der Waals surface area contributed by atoms with Crippen LogP contribution in [-0.2, 0) is 11.3 Å². The SMILES string of the molecule is Cc1ccc(COC23CCC(C)(CC2)C(F)=C3F)c(F)c1. The molecule has 21 heavy (non-hydrogen) atoms. The zero-order valence-electron chi connectivity index (χ0n) is 12.3. The molecule has 4 rings (SSSR count). The Morgan fingerprint density at radius 1 is 1.05 bits per heavy atom. The van der Waals surface area contributed by atoms with Crippen molar-refractivity contribution < 1.29 is 17.9 Å². The molecule has 1 nitrogen and oxygen atoms in total. The third-order valence-electron chi connectivity index (χ3n) is 5.00. The molecule has 0 saturated heterocycles. The van der Waals surface area contributed by atoms with Gasteiger partial charge in [-0.2, -0.15) is 0 Å². The molecule has 1 aromatic rings. The molecule has 0 amide bonds. The smallest absolute Gasteiger partial charge is 0.164 e. The molecule has 1 saturated carbocycles. The minimum atomic E-state index is -1.20. The van der Waals surface area contributed by atoms with Crippen molar-refractivity contribution in [3.63, 3.8) is 0 Å². The molecule has 0 spiro atoms. The molecule has 0 N–H and O–H groups in total. The third kappa shape index (κ3) is 2.30. The fourth-order valence-corrected chi connectivity index (χ4v) is 3.30. The lowest BCUT2D eigenvalue weighted by Gasteiger charge is -2.48. The highest BCUT2D eigenvalue weighted by Crippen LogP contribution is 2.57. The Bertz CT molecular complexity index is 598. The Balaban J connectivity index is 1.82. The zero-order valence-corrected chi connectivity index (χ0v) is 12.3. The van der Waals surface area contributed by atoms with Crippen LogP contribution in [0.4, 0.5) is 13.2 Å². The molecular formula is C17H19F3O. The highest BCUT2D eigenvalue weighted by atomic mass is 19.2. The topological polar surface area (TPSA) is 9.23 Å². The van der Waals surface area contributed by atoms with Gasteiger partial charge in [0.25, 0.3) is 0 Å². The van der Waals surface area contributed by atoms with Gasteiger partial charge in [0.2, 0.25) is 0 Å². The largest absolute Gasteiger partial charge is 0.363 e. The Morgan fingerprint density at radius 2 is 1.71 bits per heavy atom. The van der Waals surface area contributed by atoms with Crippen molar-refractivity contribution in [3.05, 3.63) is 46.8 Å². The maximum Gasteiger partial charge on any atom is 0.164 e. The molecule has 0 aromatic heterocycles. The Kier molecular flexibility index (Phi) is 3.40. The van der Waals surface area contributed by atoms with E-state index >= 15 is 0 Å². The Hall–Kier alpha value is -1.29. The van der Waals surface area contributed by atoms with E-state index in [4.69, 9.17) is 4.74 Å². The first-order chi connectivity index (χ1) is 9.86. The summed E-state index contributed by atoms with van der Waals surface area (Å²) in [5.74, 6) is -1.83. The van der Waals surface area contributed by atoms with E-state index in [1.807, 2.05) is 0 Å². The predicted octanol–water partition coefficient (Wildman–Crippen LogP) is 5.13. The van der Waals surface area contributed by atoms with Gasteiger partial charge in [-0.1, -0.05) is 19.1 Å². The summed E-state index contributed by atoms with van der Waals surface area (Å²) in [6.07, 6.45) is 2.05. The number of aryl methyl sites for hydroxylation is 1. The summed E-state index contributed by atoms with van der Waals surface area (Å²) in [6.45, 7) is 3.52. The van der Waals surface area contributed by atoms with Crippen molar-refractivity contribution in [2.24, 2.45) is 5.41 Å². The van der Waals surface area contributed by atoms with Gasteiger partial charge in [0.05, 0.1) is 6.61 Å². The molecule has 0 unspecified atom stereocenters. The highest BCUT2D eigenvalue weighted by Gasteiger charge is 2.54. The van der Waals surface area contributed by atoms with Gasteiger partial charge in [0, 0.05) is 11.0 Å². The quantitative estimate of drug-likeness (QED) is 0.751. The molecule has 1 fully saturated rings. The third-order valence-corrected chi connectivity index (χ3v) is 5.00. The van der Waals surface area contributed by atoms with Crippen LogP contribution in [0.1, 0.15) is 43.7 Å². The second-order valence-corrected chi connectivity index (χ2v) is 6.57. The van der Waals surface area contributed by atoms with Crippen LogP contribution in [0.3, 0.4) is 0 Å². The summed E-state index contributed by atoms with van der Waals surface area (Å²) >= 11 is 0. The second-order valence-electron chi connectivity index (χ2n) is 6.57. The van der Waals surface area contributed by atoms with Gasteiger partial charge < -0.3 is 4.74 Å². The van der Waals surface area contributed by atoms with E-state index in [1.165, 1.54) is 6.07 Å². The normalized spacial score (nSPS) is 31.9. The maximum absolute atomic E-state index is 14.3. The van der Waals surface area contributed by atoms with E-state index in [0.29, 0.717) is 31.2 Å². The van der Waals surface area contributed by atoms with Crippen molar-refractivity contribution in [2.45, 2.75) is 51.7 Å². The van der Waals surface area contributed by atoms with Crippen molar-refractivity contribution in [2.75, 3.05) is 0 Å². The van der Waals surface area contributed by atoms with Gasteiger partial charge in [-0.05, 0) is 44.2 Å². The molecule has 2 bridgehead atoms. The fourth-order valence-electron chi connectivity index (χ4n) is 3.30. The minimum Gasteiger partial charge on any atom is -0.363 e. The molecule has 114 valence electrons. The van der Waals surface area contributed by atoms with Gasteiger partial charge in [-0.3, -0.25) is 0 Å². The number of hydrogen-bond donors (Lipinski definition) is 0. The molecular weight excluding hydrogens is 277 g/mol. The van der Waals surface area contributed by atoms with Gasteiger partial charge in [0.15, 0.2) is 5.83 Å². The Morgan fingerprint density at radius 3 is 2.33 bits per heavy atom. The van der Waals surface area contributed by atoms with E-state index < -0.39 is 22.7 Å². The summed E-state index contributed by atoms with van der Waals surface area (Å²) in [5, 5.41) is 0. The number of rotatable bonds is 3. The molecule has 3 aliphatic rings. The average Bonchev–Trinajstić information content (AvgIpc) is 2.45. The summed E-state index contributed by atoms with van der Waals surface area (Å²) in [6, 6.07) is 4.84. The van der Waals surface area contributed by atoms with Crippen LogP contribution in [0.15, 0.2) is 29.9 Å². The van der Waals surface area contributed by atoms with Crippen LogP contribution in [0.25, 0.3) is 0 Å². The number of halogens is 3. The molecule has 4 heteroatoms. The van der Waals surface area contributed by atoms with Crippen molar-refractivity contribution in [1.29, 1.82) is 0 Å². The molecule has 3 aliphatic carbocycles. The van der Waals surface area contributed by atoms with Gasteiger partial charge in [-0.15, -0.1) is 0 Å². The van der Waals surface area contributed by atoms with Gasteiger partial charge in [0.1, 0.15) is 17.2 Å². The zero-order chi connectivity index (χ0) is 15.3. The van der Waals surface area contributed by atoms with Crippen molar-refractivity contribution in [1.82, 2.24) is 0 Å². The molecule has 1 aromatic carbocycles. The predicted molar refractivity (Wildman–Crippen MR) is 74.5 cm³/mol. The van der Waals surface area contributed by atoms with Crippen LogP contribution in [0.5, 0.6) is 0 Å². The summed E-state index contributed by atoms with van der Waals surface area (Å²) in [7, 11) is 0. The summed E-state index contributed by atoms with van der Waals surface area (Å²) in [5.41, 5.74) is -0.677.